The van der Waals surface area contributed by atoms with Crippen molar-refractivity contribution in [3.63, 3.8) is 0 Å². The van der Waals surface area contributed by atoms with Gasteiger partial charge in [-0.25, -0.2) is 4.79 Å². The van der Waals surface area contributed by atoms with E-state index in [4.69, 9.17) is 4.74 Å². The first kappa shape index (κ1) is 21.6. The molecule has 1 aliphatic rings. The number of alkyl halides is 3. The predicted molar refractivity (Wildman–Crippen MR) is 95.4 cm³/mol. The minimum Gasteiger partial charge on any atom is -0.486 e. The summed E-state index contributed by atoms with van der Waals surface area (Å²) in [4.78, 5) is 23.2. The summed E-state index contributed by atoms with van der Waals surface area (Å²) in [6.07, 6.45) is -5.96. The van der Waals surface area contributed by atoms with Gasteiger partial charge in [0.1, 0.15) is 11.9 Å². The Kier molecular flexibility index (Phi) is 6.30. The summed E-state index contributed by atoms with van der Waals surface area (Å²) in [7, 11) is 1.32. The molecule has 2 rings (SSSR count). The van der Waals surface area contributed by atoms with E-state index in [1.807, 2.05) is 6.92 Å². The highest BCUT2D eigenvalue weighted by atomic mass is 19.4. The van der Waals surface area contributed by atoms with Crippen LogP contribution in [0.25, 0.3) is 0 Å². The van der Waals surface area contributed by atoms with Gasteiger partial charge in [0.15, 0.2) is 0 Å². The molecule has 1 aromatic carbocycles. The molecule has 1 amide bonds. The van der Waals surface area contributed by atoms with E-state index in [1.165, 1.54) is 19.2 Å². The third-order valence-corrected chi connectivity index (χ3v) is 4.38. The van der Waals surface area contributed by atoms with Crippen molar-refractivity contribution in [2.24, 2.45) is 5.92 Å². The van der Waals surface area contributed by atoms with Gasteiger partial charge in [-0.1, -0.05) is 6.92 Å². The van der Waals surface area contributed by atoms with Crippen LogP contribution in [-0.4, -0.2) is 43.6 Å². The van der Waals surface area contributed by atoms with Crippen LogP contribution in [0, 0.1) is 5.92 Å². The number of anilines is 2. The molecule has 0 radical (unpaired) electrons. The molecular formula is C18H23F3N2O5. The summed E-state index contributed by atoms with van der Waals surface area (Å²) < 4.78 is 53.4. The molecule has 2 N–H and O–H groups in total. The summed E-state index contributed by atoms with van der Waals surface area (Å²) >= 11 is 0. The first-order valence-electron chi connectivity index (χ1n) is 8.61. The van der Waals surface area contributed by atoms with Crippen LogP contribution in [0.3, 0.4) is 0 Å². The van der Waals surface area contributed by atoms with Gasteiger partial charge >= 0.3 is 18.2 Å². The lowest BCUT2D eigenvalue weighted by Gasteiger charge is -2.31. The molecule has 2 atom stereocenters. The first-order chi connectivity index (χ1) is 12.9. The maximum Gasteiger partial charge on any atom is 0.427 e. The zero-order valence-electron chi connectivity index (χ0n) is 16.0. The molecule has 2 unspecified atom stereocenters. The Morgan fingerprint density at radius 3 is 2.64 bits per heavy atom. The highest BCUT2D eigenvalue weighted by molar-refractivity contribution is 5.86. The summed E-state index contributed by atoms with van der Waals surface area (Å²) in [6.45, 7) is 3.82. The molecule has 28 heavy (non-hydrogen) atoms. The molecule has 0 fully saturated rings. The lowest BCUT2D eigenvalue weighted by molar-refractivity contribution is -0.242. The van der Waals surface area contributed by atoms with Crippen molar-refractivity contribution in [3.05, 3.63) is 18.2 Å². The highest BCUT2D eigenvalue weighted by Crippen LogP contribution is 2.35. The number of rotatable bonds is 5. The van der Waals surface area contributed by atoms with Crippen molar-refractivity contribution >= 4 is 23.4 Å². The third-order valence-electron chi connectivity index (χ3n) is 4.38. The Morgan fingerprint density at radius 2 is 2.04 bits per heavy atom. The summed E-state index contributed by atoms with van der Waals surface area (Å²) in [5, 5.41) is 5.39. The number of halogens is 3. The fourth-order valence-corrected chi connectivity index (χ4v) is 2.49. The molecule has 1 aromatic rings. The van der Waals surface area contributed by atoms with Crippen LogP contribution in [0.2, 0.25) is 0 Å². The van der Waals surface area contributed by atoms with Crippen LogP contribution in [0.1, 0.15) is 27.2 Å². The van der Waals surface area contributed by atoms with Crippen molar-refractivity contribution in [1.82, 2.24) is 0 Å². The number of nitrogens with one attached hydrogen (secondary N) is 2. The molecule has 7 nitrogen and oxygen atoms in total. The molecule has 156 valence electrons. The van der Waals surface area contributed by atoms with E-state index in [1.54, 1.807) is 6.07 Å². The molecule has 0 spiro atoms. The standard InChI is InChI=1S/C18H23F3N2O5/c1-10(7-15(24)26-4)14-9-22-12-8-11(5-6-13(12)27-14)23-16(25)28-17(2,3)18(19,20)21/h5-6,8,10,14,22H,7,9H2,1-4H3,(H,23,25). The second kappa shape index (κ2) is 8.15. The van der Waals surface area contributed by atoms with Gasteiger partial charge in [0.25, 0.3) is 0 Å². The number of hydrogen-bond donors (Lipinski definition) is 2. The monoisotopic (exact) mass is 404 g/mol. The second-order valence-corrected chi connectivity index (χ2v) is 7.03. The van der Waals surface area contributed by atoms with Crippen molar-refractivity contribution in [1.29, 1.82) is 0 Å². The molecule has 0 aliphatic carbocycles. The third kappa shape index (κ3) is 5.20. The molecule has 1 aliphatic heterocycles. The van der Waals surface area contributed by atoms with Crippen molar-refractivity contribution in [2.75, 3.05) is 24.3 Å². The van der Waals surface area contributed by atoms with Gasteiger partial charge in [-0.15, -0.1) is 0 Å². The van der Waals surface area contributed by atoms with Crippen molar-refractivity contribution < 1.29 is 37.0 Å². The number of methoxy groups -OCH3 is 1. The number of fused-ring (bicyclic) bond motifs is 1. The van der Waals surface area contributed by atoms with Crippen LogP contribution < -0.4 is 15.4 Å². The minimum absolute atomic E-state index is 0.0921. The van der Waals surface area contributed by atoms with Crippen LogP contribution in [-0.2, 0) is 14.3 Å². The van der Waals surface area contributed by atoms with Gasteiger partial charge in [-0.3, -0.25) is 10.1 Å². The quantitative estimate of drug-likeness (QED) is 0.723. The minimum atomic E-state index is -4.69. The fourth-order valence-electron chi connectivity index (χ4n) is 2.49. The van der Waals surface area contributed by atoms with E-state index in [0.717, 1.165) is 13.8 Å². The Morgan fingerprint density at radius 1 is 1.36 bits per heavy atom. The molecular weight excluding hydrogens is 381 g/mol. The van der Waals surface area contributed by atoms with Gasteiger partial charge in [0.05, 0.1) is 25.8 Å². The summed E-state index contributed by atoms with van der Waals surface area (Å²) in [5.74, 6) is 0.0784. The Hall–Kier alpha value is -2.65. The molecule has 0 aromatic heterocycles. The van der Waals surface area contributed by atoms with E-state index in [9.17, 15) is 22.8 Å². The van der Waals surface area contributed by atoms with E-state index in [-0.39, 0.29) is 30.1 Å². The number of carbonyl (C=O) groups is 2. The molecule has 0 saturated heterocycles. The predicted octanol–water partition coefficient (Wildman–Crippen LogP) is 3.95. The number of carbonyl (C=O) groups excluding carboxylic acids is 2. The van der Waals surface area contributed by atoms with Crippen molar-refractivity contribution in [2.45, 2.75) is 45.1 Å². The summed E-state index contributed by atoms with van der Waals surface area (Å²) in [6, 6.07) is 4.58. The zero-order valence-corrected chi connectivity index (χ0v) is 16.0. The first-order valence-corrected chi connectivity index (χ1v) is 8.61. The maximum absolute atomic E-state index is 12.8. The molecule has 1 heterocycles. The number of esters is 1. The van der Waals surface area contributed by atoms with Crippen LogP contribution in [0.5, 0.6) is 5.75 Å². The summed E-state index contributed by atoms with van der Waals surface area (Å²) in [5.41, 5.74) is -1.80. The van der Waals surface area contributed by atoms with Gasteiger partial charge in [0.2, 0.25) is 5.60 Å². The Labute approximate surface area is 160 Å². The lowest BCUT2D eigenvalue weighted by Crippen LogP contribution is -2.44. The Balaban J connectivity index is 2.00. The normalized spacial score (nSPS) is 17.5. The average Bonchev–Trinajstić information content (AvgIpc) is 2.59. The largest absolute Gasteiger partial charge is 0.486 e. The average molecular weight is 404 g/mol. The molecule has 0 saturated carbocycles. The number of ether oxygens (including phenoxy) is 3. The van der Waals surface area contributed by atoms with Crippen LogP contribution in [0.4, 0.5) is 29.3 Å². The highest BCUT2D eigenvalue weighted by Gasteiger charge is 2.51. The topological polar surface area (TPSA) is 85.9 Å². The van der Waals surface area contributed by atoms with Gasteiger partial charge in [0, 0.05) is 11.6 Å². The van der Waals surface area contributed by atoms with Crippen molar-refractivity contribution in [3.8, 4) is 5.75 Å². The van der Waals surface area contributed by atoms with Crippen LogP contribution >= 0.6 is 0 Å². The lowest BCUT2D eigenvalue weighted by atomic mass is 9.99. The van der Waals surface area contributed by atoms with Gasteiger partial charge in [-0.05, 0) is 32.0 Å². The zero-order chi connectivity index (χ0) is 21.1. The number of hydrogen-bond acceptors (Lipinski definition) is 6. The SMILES string of the molecule is COC(=O)CC(C)C1CNc2cc(NC(=O)OC(C)(C)C(F)(F)F)ccc2O1. The second-order valence-electron chi connectivity index (χ2n) is 7.03. The fraction of sp³-hybridized carbons (Fsp3) is 0.556. The van der Waals surface area contributed by atoms with Gasteiger partial charge in [-0.2, -0.15) is 13.2 Å². The van der Waals surface area contributed by atoms with E-state index in [2.05, 4.69) is 20.1 Å². The molecule has 10 heteroatoms. The van der Waals surface area contributed by atoms with E-state index >= 15 is 0 Å². The van der Waals surface area contributed by atoms with Gasteiger partial charge < -0.3 is 19.5 Å². The Bertz CT molecular complexity index is 736. The maximum atomic E-state index is 12.8. The number of benzene rings is 1. The van der Waals surface area contributed by atoms with E-state index < -0.39 is 17.9 Å². The molecule has 0 bridgehead atoms. The number of amides is 1. The van der Waals surface area contributed by atoms with E-state index in [0.29, 0.717) is 18.0 Å². The smallest absolute Gasteiger partial charge is 0.427 e. The van der Waals surface area contributed by atoms with Crippen LogP contribution in [0.15, 0.2) is 18.2 Å².